The van der Waals surface area contributed by atoms with Gasteiger partial charge in [-0.2, -0.15) is 9.97 Å². The maximum atomic E-state index is 14.8. The van der Waals surface area contributed by atoms with Gasteiger partial charge >= 0.3 is 6.09 Å². The fourth-order valence-corrected chi connectivity index (χ4v) is 4.06. The van der Waals surface area contributed by atoms with Gasteiger partial charge in [-0.25, -0.2) is 19.1 Å². The number of carbonyl (C=O) groups excluding carboxylic acids is 1. The van der Waals surface area contributed by atoms with E-state index >= 15 is 0 Å². The molecular formula is C26H33FN6O4. The highest BCUT2D eigenvalue weighted by atomic mass is 19.1. The first-order valence-electron chi connectivity index (χ1n) is 12.3. The molecule has 3 atom stereocenters. The Balaban J connectivity index is 1.51. The Morgan fingerprint density at radius 1 is 1.14 bits per heavy atom. The molecule has 1 N–H and O–H groups in total. The lowest BCUT2D eigenvalue weighted by Gasteiger charge is -2.31. The molecule has 3 heterocycles. The van der Waals surface area contributed by atoms with Gasteiger partial charge in [0.05, 0.1) is 17.9 Å². The summed E-state index contributed by atoms with van der Waals surface area (Å²) in [5, 5.41) is 7.12. The maximum absolute atomic E-state index is 14.8. The van der Waals surface area contributed by atoms with Gasteiger partial charge < -0.3 is 19.3 Å². The van der Waals surface area contributed by atoms with Crippen LogP contribution in [0.5, 0.6) is 0 Å². The average Bonchev–Trinajstić information content (AvgIpc) is 3.47. The van der Waals surface area contributed by atoms with E-state index in [1.54, 1.807) is 6.92 Å². The molecule has 1 unspecified atom stereocenters. The lowest BCUT2D eigenvalue weighted by molar-refractivity contribution is -0.0618. The van der Waals surface area contributed by atoms with Crippen LogP contribution >= 0.6 is 0 Å². The van der Waals surface area contributed by atoms with E-state index in [0.29, 0.717) is 17.6 Å². The highest BCUT2D eigenvalue weighted by Crippen LogP contribution is 2.29. The number of nitrogens with one attached hydrogen (secondary N) is 1. The first kappa shape index (κ1) is 26.5. The van der Waals surface area contributed by atoms with Gasteiger partial charge in [-0.15, -0.1) is 0 Å². The SMILES string of the molecule is CC(C)c1ccc(-c2noc(C(C)Nc3ncc(F)c(N4C(=O)OC[C@@H]4[C@@H](C)OC(C)(C)C)n3)n2)cc1. The molecule has 1 saturated heterocycles. The van der Waals surface area contributed by atoms with E-state index in [0.717, 1.165) is 11.8 Å². The Morgan fingerprint density at radius 3 is 2.49 bits per heavy atom. The Bertz CT molecular complexity index is 1240. The first-order chi connectivity index (χ1) is 17.4. The van der Waals surface area contributed by atoms with Crippen molar-refractivity contribution in [2.75, 3.05) is 16.8 Å². The minimum absolute atomic E-state index is 0.0571. The summed E-state index contributed by atoms with van der Waals surface area (Å²) in [5.74, 6) is 0.325. The largest absolute Gasteiger partial charge is 0.447 e. The van der Waals surface area contributed by atoms with Crippen LogP contribution in [0.2, 0.25) is 0 Å². The van der Waals surface area contributed by atoms with Crippen LogP contribution in [0, 0.1) is 5.82 Å². The summed E-state index contributed by atoms with van der Waals surface area (Å²) in [5.41, 5.74) is 1.59. The molecule has 0 bridgehead atoms. The zero-order valence-electron chi connectivity index (χ0n) is 22.2. The third-order valence-corrected chi connectivity index (χ3v) is 5.93. The first-order valence-corrected chi connectivity index (χ1v) is 12.3. The molecule has 10 nitrogen and oxygen atoms in total. The van der Waals surface area contributed by atoms with E-state index in [-0.39, 0.29) is 18.4 Å². The third-order valence-electron chi connectivity index (χ3n) is 5.93. The van der Waals surface area contributed by atoms with E-state index in [9.17, 15) is 9.18 Å². The number of cyclic esters (lactones) is 1. The molecule has 0 saturated carbocycles. The van der Waals surface area contributed by atoms with Crippen molar-refractivity contribution < 1.29 is 23.2 Å². The number of ether oxygens (including phenoxy) is 2. The molecule has 4 rings (SSSR count). The van der Waals surface area contributed by atoms with Crippen molar-refractivity contribution in [3.05, 3.63) is 47.7 Å². The number of carbonyl (C=O) groups is 1. The summed E-state index contributed by atoms with van der Waals surface area (Å²) in [6, 6.07) is 6.94. The van der Waals surface area contributed by atoms with Crippen LogP contribution in [0.1, 0.15) is 71.9 Å². The number of rotatable bonds is 8. The van der Waals surface area contributed by atoms with Crippen LogP contribution < -0.4 is 10.2 Å². The van der Waals surface area contributed by atoms with Crippen LogP contribution in [-0.2, 0) is 9.47 Å². The molecule has 0 radical (unpaired) electrons. The van der Waals surface area contributed by atoms with Crippen molar-refractivity contribution in [3.63, 3.8) is 0 Å². The molecule has 3 aromatic rings. The molecule has 198 valence electrons. The summed E-state index contributed by atoms with van der Waals surface area (Å²) in [4.78, 5) is 26.5. The van der Waals surface area contributed by atoms with Crippen LogP contribution in [-0.4, -0.2) is 50.6 Å². The molecular weight excluding hydrogens is 479 g/mol. The Hall–Kier alpha value is -3.60. The molecule has 37 heavy (non-hydrogen) atoms. The van der Waals surface area contributed by atoms with Gasteiger partial charge in [-0.05, 0) is 46.1 Å². The van der Waals surface area contributed by atoms with E-state index < -0.39 is 35.7 Å². The summed E-state index contributed by atoms with van der Waals surface area (Å²) in [6.07, 6.45) is -0.122. The number of nitrogens with zero attached hydrogens (tertiary/aromatic N) is 5. The van der Waals surface area contributed by atoms with Gasteiger partial charge in [0.2, 0.25) is 17.7 Å². The highest BCUT2D eigenvalue weighted by molar-refractivity contribution is 5.89. The van der Waals surface area contributed by atoms with Crippen molar-refractivity contribution in [1.29, 1.82) is 0 Å². The Morgan fingerprint density at radius 2 is 1.84 bits per heavy atom. The van der Waals surface area contributed by atoms with Crippen molar-refractivity contribution in [1.82, 2.24) is 20.1 Å². The number of benzene rings is 1. The molecule has 11 heteroatoms. The van der Waals surface area contributed by atoms with Crippen molar-refractivity contribution in [2.24, 2.45) is 0 Å². The fraction of sp³-hybridized carbons (Fsp3) is 0.500. The number of halogens is 1. The average molecular weight is 513 g/mol. The third kappa shape index (κ3) is 6.04. The number of hydrogen-bond acceptors (Lipinski definition) is 9. The Kier molecular flexibility index (Phi) is 7.44. The van der Waals surface area contributed by atoms with Crippen LogP contribution in [0.15, 0.2) is 35.0 Å². The number of amides is 1. The molecule has 1 aliphatic rings. The summed E-state index contributed by atoms with van der Waals surface area (Å²) in [6.45, 7) is 13.6. The molecule has 1 fully saturated rings. The van der Waals surface area contributed by atoms with Gasteiger partial charge in [0.1, 0.15) is 18.7 Å². The molecule has 0 aliphatic carbocycles. The second-order valence-corrected chi connectivity index (χ2v) is 10.4. The standard InChI is InChI=1S/C26H33FN6O4/c1-14(2)17-8-10-18(11-9-17)21-30-23(37-32-21)15(3)29-24-28-12-19(27)22(31-24)33-20(13-35-25(33)34)16(4)36-26(5,6)7/h8-12,14-16,20H,13H2,1-7H3,(H,28,29,31)/t15?,16-,20-/m1/s1. The molecule has 1 aromatic carbocycles. The fourth-order valence-electron chi connectivity index (χ4n) is 4.06. The van der Waals surface area contributed by atoms with Gasteiger partial charge in [-0.1, -0.05) is 43.3 Å². The lowest BCUT2D eigenvalue weighted by Crippen LogP contribution is -2.45. The quantitative estimate of drug-likeness (QED) is 0.418. The van der Waals surface area contributed by atoms with E-state index in [4.69, 9.17) is 14.0 Å². The normalized spacial score (nSPS) is 17.7. The van der Waals surface area contributed by atoms with Crippen LogP contribution in [0.4, 0.5) is 21.0 Å². The smallest absolute Gasteiger partial charge is 0.416 e. The number of anilines is 2. The van der Waals surface area contributed by atoms with Crippen molar-refractivity contribution in [2.45, 2.75) is 78.2 Å². The van der Waals surface area contributed by atoms with Crippen molar-refractivity contribution >= 4 is 17.9 Å². The zero-order chi connectivity index (χ0) is 26.9. The maximum Gasteiger partial charge on any atom is 0.416 e. The van der Waals surface area contributed by atoms with Crippen LogP contribution in [0.25, 0.3) is 11.4 Å². The summed E-state index contributed by atoms with van der Waals surface area (Å²) >= 11 is 0. The summed E-state index contributed by atoms with van der Waals surface area (Å²) < 4.78 is 31.5. The zero-order valence-corrected chi connectivity index (χ0v) is 22.2. The Labute approximate surface area is 215 Å². The highest BCUT2D eigenvalue weighted by Gasteiger charge is 2.42. The minimum Gasteiger partial charge on any atom is -0.447 e. The monoisotopic (exact) mass is 512 g/mol. The van der Waals surface area contributed by atoms with Gasteiger partial charge in [0.15, 0.2) is 11.6 Å². The molecule has 0 spiro atoms. The lowest BCUT2D eigenvalue weighted by atomic mass is 10.0. The topological polar surface area (TPSA) is 116 Å². The van der Waals surface area contributed by atoms with E-state index in [1.807, 2.05) is 52.0 Å². The van der Waals surface area contributed by atoms with Gasteiger partial charge in [-0.3, -0.25) is 0 Å². The van der Waals surface area contributed by atoms with Gasteiger partial charge in [0.25, 0.3) is 0 Å². The predicted molar refractivity (Wildman–Crippen MR) is 136 cm³/mol. The second kappa shape index (κ2) is 10.4. The second-order valence-electron chi connectivity index (χ2n) is 10.4. The predicted octanol–water partition coefficient (Wildman–Crippen LogP) is 5.49. The molecule has 2 aromatic heterocycles. The number of hydrogen-bond donors (Lipinski definition) is 1. The van der Waals surface area contributed by atoms with E-state index in [1.165, 1.54) is 10.5 Å². The minimum atomic E-state index is -0.755. The molecule has 1 amide bonds. The van der Waals surface area contributed by atoms with Crippen molar-refractivity contribution in [3.8, 4) is 11.4 Å². The number of aromatic nitrogens is 4. The van der Waals surface area contributed by atoms with E-state index in [2.05, 4.69) is 39.3 Å². The summed E-state index contributed by atoms with van der Waals surface area (Å²) in [7, 11) is 0. The van der Waals surface area contributed by atoms with Crippen LogP contribution in [0.3, 0.4) is 0 Å². The van der Waals surface area contributed by atoms with Gasteiger partial charge in [0, 0.05) is 5.56 Å². The molecule has 1 aliphatic heterocycles.